The van der Waals surface area contributed by atoms with Gasteiger partial charge in [0.1, 0.15) is 6.26 Å². The van der Waals surface area contributed by atoms with Crippen LogP contribution in [-0.2, 0) is 21.2 Å². The molecule has 0 unspecified atom stereocenters. The lowest BCUT2D eigenvalue weighted by molar-refractivity contribution is -0.131. The van der Waals surface area contributed by atoms with E-state index in [0.29, 0.717) is 50.7 Å². The highest BCUT2D eigenvalue weighted by Crippen LogP contribution is 2.16. The van der Waals surface area contributed by atoms with Crippen molar-refractivity contribution in [1.82, 2.24) is 19.3 Å². The molecule has 0 radical (unpaired) electrons. The Morgan fingerprint density at radius 3 is 2.84 bits per heavy atom. The highest BCUT2D eigenvalue weighted by molar-refractivity contribution is 7.88. The van der Waals surface area contributed by atoms with Crippen molar-refractivity contribution in [1.29, 1.82) is 0 Å². The summed E-state index contributed by atoms with van der Waals surface area (Å²) in [7, 11) is -3.22. The predicted octanol–water partition coefficient (Wildman–Crippen LogP) is 0.756. The Morgan fingerprint density at radius 2 is 2.12 bits per heavy atom. The van der Waals surface area contributed by atoms with Gasteiger partial charge in [-0.3, -0.25) is 4.79 Å². The number of furan rings is 1. The van der Waals surface area contributed by atoms with Crippen molar-refractivity contribution >= 4 is 15.9 Å². The van der Waals surface area contributed by atoms with Crippen LogP contribution in [0.5, 0.6) is 0 Å². The largest absolute Gasteiger partial charge is 0.472 e. The van der Waals surface area contributed by atoms with Crippen LogP contribution in [0.1, 0.15) is 18.7 Å². The number of carbonyl (C=O) groups excluding carboxylic acids is 1. The van der Waals surface area contributed by atoms with E-state index in [1.54, 1.807) is 11.0 Å². The Balaban J connectivity index is 1.53. The molecular weight excluding hydrogens is 348 g/mol. The van der Waals surface area contributed by atoms with Gasteiger partial charge in [0.15, 0.2) is 0 Å². The van der Waals surface area contributed by atoms with Crippen LogP contribution in [-0.4, -0.2) is 66.1 Å². The number of hydrogen-bond donors (Lipinski definition) is 0. The first-order chi connectivity index (χ1) is 11.9. The molecule has 9 nitrogen and oxygen atoms in total. The van der Waals surface area contributed by atoms with E-state index in [9.17, 15) is 13.2 Å². The van der Waals surface area contributed by atoms with Crippen LogP contribution in [0.2, 0.25) is 0 Å². The molecule has 2 aromatic rings. The molecule has 25 heavy (non-hydrogen) atoms. The van der Waals surface area contributed by atoms with Gasteiger partial charge in [-0.15, -0.1) is 0 Å². The number of sulfonamides is 1. The fourth-order valence-corrected chi connectivity index (χ4v) is 3.59. The maximum Gasteiger partial charge on any atom is 0.227 e. The van der Waals surface area contributed by atoms with E-state index < -0.39 is 10.0 Å². The summed E-state index contributed by atoms with van der Waals surface area (Å²) in [6, 6.07) is 1.73. The summed E-state index contributed by atoms with van der Waals surface area (Å²) in [5.41, 5.74) is 0.717. The molecule has 0 aliphatic carbocycles. The molecule has 3 rings (SSSR count). The molecule has 3 heterocycles. The zero-order valence-electron chi connectivity index (χ0n) is 13.9. The molecular formula is C15H20N4O5S. The van der Waals surface area contributed by atoms with E-state index in [2.05, 4.69) is 10.1 Å². The molecule has 1 fully saturated rings. The highest BCUT2D eigenvalue weighted by Gasteiger charge is 2.24. The Labute approximate surface area is 145 Å². The monoisotopic (exact) mass is 368 g/mol. The zero-order chi connectivity index (χ0) is 17.9. The van der Waals surface area contributed by atoms with Gasteiger partial charge in [-0.1, -0.05) is 5.16 Å². The summed E-state index contributed by atoms with van der Waals surface area (Å²) in [6.07, 6.45) is 5.45. The molecule has 1 saturated heterocycles. The van der Waals surface area contributed by atoms with Crippen molar-refractivity contribution in [2.45, 2.75) is 19.3 Å². The molecule has 10 heteroatoms. The van der Waals surface area contributed by atoms with Gasteiger partial charge in [-0.05, 0) is 12.5 Å². The fraction of sp³-hybridized carbons (Fsp3) is 0.533. The Morgan fingerprint density at radius 1 is 1.28 bits per heavy atom. The predicted molar refractivity (Wildman–Crippen MR) is 87.9 cm³/mol. The third-order valence-electron chi connectivity index (χ3n) is 4.08. The van der Waals surface area contributed by atoms with E-state index in [0.717, 1.165) is 5.56 Å². The Bertz CT molecular complexity index is 815. The number of rotatable bonds is 5. The lowest BCUT2D eigenvalue weighted by atomic mass is 10.2. The third kappa shape index (κ3) is 4.45. The first-order valence-corrected chi connectivity index (χ1v) is 9.86. The summed E-state index contributed by atoms with van der Waals surface area (Å²) in [5.74, 6) is 0.769. The summed E-state index contributed by atoms with van der Waals surface area (Å²) in [6.45, 7) is 1.72. The second kappa shape index (κ2) is 7.36. The van der Waals surface area contributed by atoms with Gasteiger partial charge in [0.2, 0.25) is 27.6 Å². The molecule has 1 aliphatic heterocycles. The van der Waals surface area contributed by atoms with Crippen molar-refractivity contribution in [2.75, 3.05) is 32.4 Å². The van der Waals surface area contributed by atoms with Crippen molar-refractivity contribution in [3.05, 3.63) is 24.5 Å². The lowest BCUT2D eigenvalue weighted by Gasteiger charge is -2.20. The third-order valence-corrected chi connectivity index (χ3v) is 5.38. The molecule has 2 aromatic heterocycles. The minimum atomic E-state index is -3.22. The van der Waals surface area contributed by atoms with E-state index in [1.807, 2.05) is 0 Å². The van der Waals surface area contributed by atoms with Crippen LogP contribution in [0.3, 0.4) is 0 Å². The lowest BCUT2D eigenvalue weighted by Crippen LogP contribution is -2.37. The van der Waals surface area contributed by atoms with Crippen LogP contribution < -0.4 is 0 Å². The summed E-state index contributed by atoms with van der Waals surface area (Å²) < 4.78 is 34.8. The molecule has 0 aromatic carbocycles. The van der Waals surface area contributed by atoms with Crippen LogP contribution in [0.4, 0.5) is 0 Å². The van der Waals surface area contributed by atoms with Gasteiger partial charge in [0.05, 0.1) is 18.1 Å². The Kier molecular flexibility index (Phi) is 5.19. The maximum atomic E-state index is 12.4. The highest BCUT2D eigenvalue weighted by atomic mass is 32.2. The first kappa shape index (κ1) is 17.6. The van der Waals surface area contributed by atoms with E-state index in [-0.39, 0.29) is 12.3 Å². The van der Waals surface area contributed by atoms with Crippen molar-refractivity contribution in [2.24, 2.45) is 0 Å². The fourth-order valence-electron chi connectivity index (χ4n) is 2.71. The second-order valence-electron chi connectivity index (χ2n) is 5.92. The van der Waals surface area contributed by atoms with E-state index >= 15 is 0 Å². The molecule has 136 valence electrons. The molecule has 0 saturated carbocycles. The molecule has 0 spiro atoms. The first-order valence-electron chi connectivity index (χ1n) is 8.01. The summed E-state index contributed by atoms with van der Waals surface area (Å²) >= 11 is 0. The Hall–Kier alpha value is -2.20. The molecule has 1 amide bonds. The van der Waals surface area contributed by atoms with Crippen molar-refractivity contribution < 1.29 is 22.2 Å². The van der Waals surface area contributed by atoms with Gasteiger partial charge >= 0.3 is 0 Å². The smallest absolute Gasteiger partial charge is 0.227 e. The number of carbonyl (C=O) groups is 1. The number of hydrogen-bond acceptors (Lipinski definition) is 7. The topological polar surface area (TPSA) is 110 Å². The average Bonchev–Trinajstić information content (AvgIpc) is 3.18. The normalized spacial score (nSPS) is 16.8. The standard InChI is InChI=1S/C15H20N4O5S/c1-25(21,22)19-7-2-6-18(8-9-19)14(20)4-3-13-16-15(17-24-13)12-5-10-23-11-12/h5,10-11H,2-4,6-9H2,1H3. The van der Waals surface area contributed by atoms with Crippen molar-refractivity contribution in [3.63, 3.8) is 0 Å². The minimum absolute atomic E-state index is 0.0431. The quantitative estimate of drug-likeness (QED) is 0.766. The number of nitrogens with zero attached hydrogens (tertiary/aromatic N) is 4. The van der Waals surface area contributed by atoms with Crippen LogP contribution in [0.25, 0.3) is 11.4 Å². The molecule has 0 bridgehead atoms. The van der Waals surface area contributed by atoms with Gasteiger partial charge in [0.25, 0.3) is 0 Å². The second-order valence-corrected chi connectivity index (χ2v) is 7.90. The van der Waals surface area contributed by atoms with Crippen LogP contribution in [0, 0.1) is 0 Å². The maximum absolute atomic E-state index is 12.4. The molecule has 1 aliphatic rings. The zero-order valence-corrected chi connectivity index (χ0v) is 14.7. The summed E-state index contributed by atoms with van der Waals surface area (Å²) in [5, 5.41) is 3.86. The van der Waals surface area contributed by atoms with Gasteiger partial charge in [0, 0.05) is 39.0 Å². The number of aromatic nitrogens is 2. The summed E-state index contributed by atoms with van der Waals surface area (Å²) in [4.78, 5) is 18.3. The van der Waals surface area contributed by atoms with Gasteiger partial charge in [-0.25, -0.2) is 12.7 Å². The molecule has 0 N–H and O–H groups in total. The average molecular weight is 368 g/mol. The van der Waals surface area contributed by atoms with Gasteiger partial charge in [-0.2, -0.15) is 4.98 Å². The van der Waals surface area contributed by atoms with E-state index in [1.165, 1.54) is 23.1 Å². The number of aryl methyl sites for hydroxylation is 1. The SMILES string of the molecule is CS(=O)(=O)N1CCCN(C(=O)CCc2nc(-c3ccoc3)no2)CC1. The van der Waals surface area contributed by atoms with Crippen molar-refractivity contribution in [3.8, 4) is 11.4 Å². The van der Waals surface area contributed by atoms with Crippen LogP contribution in [0.15, 0.2) is 27.5 Å². The van der Waals surface area contributed by atoms with E-state index in [4.69, 9.17) is 8.94 Å². The minimum Gasteiger partial charge on any atom is -0.472 e. The molecule has 0 atom stereocenters. The van der Waals surface area contributed by atoms with Crippen LogP contribution >= 0.6 is 0 Å². The van der Waals surface area contributed by atoms with Gasteiger partial charge < -0.3 is 13.8 Å². The number of amides is 1.